The lowest BCUT2D eigenvalue weighted by Gasteiger charge is -2.08. The van der Waals surface area contributed by atoms with Crippen molar-refractivity contribution in [2.24, 2.45) is 5.92 Å². The van der Waals surface area contributed by atoms with E-state index < -0.39 is 0 Å². The molecule has 0 bridgehead atoms. The number of rotatable bonds is 4. The van der Waals surface area contributed by atoms with Crippen molar-refractivity contribution in [2.75, 3.05) is 19.8 Å². The number of hydrogen-bond donors (Lipinski definition) is 0. The first-order valence-corrected chi connectivity index (χ1v) is 7.61. The van der Waals surface area contributed by atoms with Gasteiger partial charge in [-0.25, -0.2) is 4.79 Å². The molecule has 112 valence electrons. The van der Waals surface area contributed by atoms with Crippen LogP contribution in [-0.4, -0.2) is 30.2 Å². The minimum atomic E-state index is -0.322. The lowest BCUT2D eigenvalue weighted by atomic mass is 10.0. The highest BCUT2D eigenvalue weighted by atomic mass is 35.5. The first kappa shape index (κ1) is 14.4. The van der Waals surface area contributed by atoms with Crippen molar-refractivity contribution in [3.05, 3.63) is 40.7 Å². The molecule has 21 heavy (non-hydrogen) atoms. The summed E-state index contributed by atoms with van der Waals surface area (Å²) in [6.45, 7) is 3.75. The highest BCUT2D eigenvalue weighted by Gasteiger charge is 2.22. The third-order valence-electron chi connectivity index (χ3n) is 3.84. The smallest absolute Gasteiger partial charge is 0.340 e. The zero-order valence-corrected chi connectivity index (χ0v) is 12.7. The summed E-state index contributed by atoms with van der Waals surface area (Å²) in [4.78, 5) is 12.1. The molecule has 0 amide bonds. The zero-order chi connectivity index (χ0) is 14.8. The fraction of sp³-hybridized carbons (Fsp3) is 0.438. The van der Waals surface area contributed by atoms with Crippen LogP contribution in [0.5, 0.6) is 0 Å². The van der Waals surface area contributed by atoms with Gasteiger partial charge in [0.25, 0.3) is 0 Å². The second-order valence-electron chi connectivity index (χ2n) is 5.28. The fourth-order valence-corrected chi connectivity index (χ4v) is 3.11. The summed E-state index contributed by atoms with van der Waals surface area (Å²) in [5.41, 5.74) is 2.34. The Morgan fingerprint density at radius 3 is 3.14 bits per heavy atom. The maximum absolute atomic E-state index is 12.1. The molecule has 3 heterocycles. The number of carbonyl (C=O) groups is 1. The third kappa shape index (κ3) is 2.78. The van der Waals surface area contributed by atoms with Crippen LogP contribution in [0.4, 0.5) is 0 Å². The van der Waals surface area contributed by atoms with Gasteiger partial charge in [-0.15, -0.1) is 0 Å². The molecule has 2 aromatic rings. The largest absolute Gasteiger partial charge is 0.462 e. The van der Waals surface area contributed by atoms with Gasteiger partial charge < -0.3 is 13.9 Å². The Bertz CT molecular complexity index is 659. The molecule has 2 aromatic heterocycles. The number of esters is 1. The Kier molecular flexibility index (Phi) is 4.17. The molecule has 4 nitrogen and oxygen atoms in total. The van der Waals surface area contributed by atoms with Gasteiger partial charge in [0, 0.05) is 25.1 Å². The van der Waals surface area contributed by atoms with Crippen LogP contribution in [0.3, 0.4) is 0 Å². The topological polar surface area (TPSA) is 39.9 Å². The molecule has 1 aliphatic rings. The Balaban J connectivity index is 2.03. The molecule has 5 heteroatoms. The van der Waals surface area contributed by atoms with Gasteiger partial charge in [-0.1, -0.05) is 11.6 Å². The van der Waals surface area contributed by atoms with Gasteiger partial charge in [0.05, 0.1) is 22.7 Å². The quantitative estimate of drug-likeness (QED) is 0.813. The number of fused-ring (bicyclic) bond motifs is 1. The molecule has 0 aliphatic carbocycles. The molecular formula is C16H18ClNO3. The van der Waals surface area contributed by atoms with E-state index in [0.29, 0.717) is 23.1 Å². The molecule has 1 atom stereocenters. The summed E-state index contributed by atoms with van der Waals surface area (Å²) in [6.07, 6.45) is 3.87. The highest BCUT2D eigenvalue weighted by molar-refractivity contribution is 6.34. The molecule has 1 unspecified atom stereocenters. The summed E-state index contributed by atoms with van der Waals surface area (Å²) in [5, 5.41) is 0.564. The summed E-state index contributed by atoms with van der Waals surface area (Å²) in [6, 6.07) is 5.58. The highest BCUT2D eigenvalue weighted by Crippen LogP contribution is 2.28. The van der Waals surface area contributed by atoms with Crippen LogP contribution in [0.1, 0.15) is 29.4 Å². The molecule has 1 aliphatic heterocycles. The van der Waals surface area contributed by atoms with Crippen LogP contribution in [0.25, 0.3) is 5.52 Å². The summed E-state index contributed by atoms with van der Waals surface area (Å²) >= 11 is 6.28. The molecular weight excluding hydrogens is 290 g/mol. The normalized spacial score (nSPS) is 18.3. The van der Waals surface area contributed by atoms with Crippen molar-refractivity contribution in [3.8, 4) is 0 Å². The van der Waals surface area contributed by atoms with Gasteiger partial charge in [0.1, 0.15) is 0 Å². The van der Waals surface area contributed by atoms with Crippen molar-refractivity contribution >= 4 is 23.1 Å². The maximum atomic E-state index is 12.1. The zero-order valence-electron chi connectivity index (χ0n) is 12.0. The van der Waals surface area contributed by atoms with Crippen LogP contribution in [0.15, 0.2) is 24.4 Å². The summed E-state index contributed by atoms with van der Waals surface area (Å²) in [7, 11) is 0. The minimum Gasteiger partial charge on any atom is -0.462 e. The summed E-state index contributed by atoms with van der Waals surface area (Å²) < 4.78 is 12.6. The van der Waals surface area contributed by atoms with Crippen molar-refractivity contribution in [3.63, 3.8) is 0 Å². The fourth-order valence-electron chi connectivity index (χ4n) is 2.85. The van der Waals surface area contributed by atoms with E-state index in [-0.39, 0.29) is 5.97 Å². The van der Waals surface area contributed by atoms with Gasteiger partial charge in [-0.3, -0.25) is 0 Å². The first-order valence-electron chi connectivity index (χ1n) is 7.24. The Hall–Kier alpha value is -1.52. The van der Waals surface area contributed by atoms with Crippen LogP contribution in [0, 0.1) is 5.92 Å². The number of nitrogens with zero attached hydrogens (tertiary/aromatic N) is 1. The molecule has 0 saturated carbocycles. The predicted octanol–water partition coefficient (Wildman–Crippen LogP) is 3.35. The molecule has 1 saturated heterocycles. The average molecular weight is 308 g/mol. The molecule has 1 fully saturated rings. The lowest BCUT2D eigenvalue weighted by molar-refractivity contribution is 0.0528. The number of aromatic nitrogens is 1. The molecule has 3 rings (SSSR count). The van der Waals surface area contributed by atoms with E-state index in [2.05, 4.69) is 0 Å². The minimum absolute atomic E-state index is 0.322. The van der Waals surface area contributed by atoms with Crippen molar-refractivity contribution < 1.29 is 14.3 Å². The molecule has 0 radical (unpaired) electrons. The standard InChI is InChI=1S/C16H18ClNO3/c1-2-21-16(19)13-9-12(8-11-5-7-20-10-11)18-6-3-4-14(17)15(13)18/h3-4,6,9,11H,2,5,7-8,10H2,1H3. The van der Waals surface area contributed by atoms with Gasteiger partial charge in [0.15, 0.2) is 0 Å². The van der Waals surface area contributed by atoms with Gasteiger partial charge in [-0.2, -0.15) is 0 Å². The molecule has 0 aromatic carbocycles. The van der Waals surface area contributed by atoms with Gasteiger partial charge >= 0.3 is 5.97 Å². The van der Waals surface area contributed by atoms with Crippen LogP contribution < -0.4 is 0 Å². The SMILES string of the molecule is CCOC(=O)c1cc(CC2CCOC2)n2cccc(Cl)c12. The van der Waals surface area contributed by atoms with Crippen LogP contribution in [0.2, 0.25) is 5.02 Å². The number of carbonyl (C=O) groups excluding carboxylic acids is 1. The van der Waals surface area contributed by atoms with Crippen molar-refractivity contribution in [1.82, 2.24) is 4.40 Å². The number of pyridine rings is 1. The van der Waals surface area contributed by atoms with E-state index in [1.165, 1.54) is 0 Å². The van der Waals surface area contributed by atoms with Crippen molar-refractivity contribution in [2.45, 2.75) is 19.8 Å². The van der Waals surface area contributed by atoms with E-state index in [1.54, 1.807) is 13.0 Å². The Morgan fingerprint density at radius 1 is 1.57 bits per heavy atom. The van der Waals surface area contributed by atoms with E-state index in [0.717, 1.165) is 37.3 Å². The van der Waals surface area contributed by atoms with Crippen LogP contribution >= 0.6 is 11.6 Å². The maximum Gasteiger partial charge on any atom is 0.340 e. The Labute approximate surface area is 128 Å². The van der Waals surface area contributed by atoms with E-state index in [1.807, 2.05) is 22.7 Å². The van der Waals surface area contributed by atoms with Gasteiger partial charge in [-0.05, 0) is 43.9 Å². The van der Waals surface area contributed by atoms with E-state index >= 15 is 0 Å². The molecule has 0 N–H and O–H groups in total. The number of halogens is 1. The van der Waals surface area contributed by atoms with Crippen molar-refractivity contribution in [1.29, 1.82) is 0 Å². The predicted molar refractivity (Wildman–Crippen MR) is 81.0 cm³/mol. The van der Waals surface area contributed by atoms with E-state index in [4.69, 9.17) is 21.1 Å². The second-order valence-corrected chi connectivity index (χ2v) is 5.69. The summed E-state index contributed by atoms with van der Waals surface area (Å²) in [5.74, 6) is 0.175. The third-order valence-corrected chi connectivity index (χ3v) is 4.14. The van der Waals surface area contributed by atoms with E-state index in [9.17, 15) is 4.79 Å². The first-order chi connectivity index (χ1) is 10.2. The van der Waals surface area contributed by atoms with Crippen LogP contribution in [-0.2, 0) is 15.9 Å². The second kappa shape index (κ2) is 6.08. The molecule has 0 spiro atoms. The van der Waals surface area contributed by atoms with Gasteiger partial charge in [0.2, 0.25) is 0 Å². The number of hydrogen-bond acceptors (Lipinski definition) is 3. The lowest BCUT2D eigenvalue weighted by Crippen LogP contribution is -2.05. The average Bonchev–Trinajstić information content (AvgIpc) is 3.09. The Morgan fingerprint density at radius 2 is 2.43 bits per heavy atom. The number of ether oxygens (including phenoxy) is 2. The monoisotopic (exact) mass is 307 g/mol.